The average molecular weight is 223 g/mol. The van der Waals surface area contributed by atoms with Crippen molar-refractivity contribution < 1.29 is 0 Å². The highest BCUT2D eigenvalue weighted by atomic mass is 32.2. The Bertz CT molecular complexity index is 281. The molecule has 2 atom stereocenters. The average Bonchev–Trinajstić information content (AvgIpc) is 2.26. The summed E-state index contributed by atoms with van der Waals surface area (Å²) in [7, 11) is 0. The van der Waals surface area contributed by atoms with Crippen LogP contribution >= 0.6 is 11.8 Å². The predicted molar refractivity (Wildman–Crippen MR) is 70.6 cm³/mol. The third kappa shape index (κ3) is 3.54. The zero-order valence-electron chi connectivity index (χ0n) is 10.1. The zero-order valence-corrected chi connectivity index (χ0v) is 10.9. The minimum atomic E-state index is 0.464. The molecule has 1 aromatic rings. The van der Waals surface area contributed by atoms with E-state index in [1.54, 1.807) is 0 Å². The lowest BCUT2D eigenvalue weighted by Crippen LogP contribution is -2.28. The first-order chi connectivity index (χ1) is 7.19. The molecule has 2 heteroatoms. The number of hydrogen-bond donors (Lipinski definition) is 1. The lowest BCUT2D eigenvalue weighted by molar-refractivity contribution is 0.548. The fourth-order valence-corrected chi connectivity index (χ4v) is 2.21. The Balaban J connectivity index is 2.83. The molecule has 0 heterocycles. The van der Waals surface area contributed by atoms with E-state index in [0.29, 0.717) is 11.3 Å². The molecule has 0 radical (unpaired) electrons. The Kier molecular flexibility index (Phi) is 5.20. The molecular formula is C13H21NS. The Morgan fingerprint density at radius 3 is 2.33 bits per heavy atom. The summed E-state index contributed by atoms with van der Waals surface area (Å²) in [5.41, 5.74) is 2.72. The van der Waals surface area contributed by atoms with Gasteiger partial charge in [-0.05, 0) is 25.3 Å². The van der Waals surface area contributed by atoms with Gasteiger partial charge in [0.25, 0.3) is 0 Å². The number of nitrogens with one attached hydrogen (secondary N) is 1. The monoisotopic (exact) mass is 223 g/mol. The van der Waals surface area contributed by atoms with Gasteiger partial charge in [-0.1, -0.05) is 43.7 Å². The lowest BCUT2D eigenvalue weighted by atomic mass is 10.0. The molecule has 1 nitrogen and oxygen atoms in total. The first-order valence-corrected chi connectivity index (χ1v) is 6.80. The fraction of sp³-hybridized carbons (Fsp3) is 0.538. The molecular weight excluding hydrogens is 202 g/mol. The maximum absolute atomic E-state index is 3.55. The molecule has 1 aromatic carbocycles. The molecule has 1 rings (SSSR count). The quantitative estimate of drug-likeness (QED) is 0.821. The smallest absolute Gasteiger partial charge is 0.0437 e. The highest BCUT2D eigenvalue weighted by Crippen LogP contribution is 2.24. The number of thioether (sulfide) groups is 1. The molecule has 2 unspecified atom stereocenters. The normalized spacial score (nSPS) is 14.9. The minimum Gasteiger partial charge on any atom is -0.309 e. The maximum atomic E-state index is 3.55. The van der Waals surface area contributed by atoms with Gasteiger partial charge >= 0.3 is 0 Å². The summed E-state index contributed by atoms with van der Waals surface area (Å²) in [6.07, 6.45) is 2.17. The molecule has 0 saturated heterocycles. The van der Waals surface area contributed by atoms with Crippen LogP contribution in [-0.2, 0) is 0 Å². The van der Waals surface area contributed by atoms with Crippen molar-refractivity contribution >= 4 is 11.8 Å². The van der Waals surface area contributed by atoms with Crippen LogP contribution in [0.15, 0.2) is 24.3 Å². The number of rotatable bonds is 5. The lowest BCUT2D eigenvalue weighted by Gasteiger charge is -2.24. The second-order valence-electron chi connectivity index (χ2n) is 3.89. The van der Waals surface area contributed by atoms with E-state index in [1.165, 1.54) is 11.1 Å². The van der Waals surface area contributed by atoms with Crippen LogP contribution in [0.25, 0.3) is 0 Å². The first-order valence-electron chi connectivity index (χ1n) is 5.51. The van der Waals surface area contributed by atoms with Gasteiger partial charge in [0, 0.05) is 11.3 Å². The maximum Gasteiger partial charge on any atom is 0.0437 e. The van der Waals surface area contributed by atoms with Gasteiger partial charge < -0.3 is 5.32 Å². The Morgan fingerprint density at radius 2 is 1.87 bits per heavy atom. The first kappa shape index (κ1) is 12.6. The van der Waals surface area contributed by atoms with Crippen molar-refractivity contribution in [1.82, 2.24) is 5.32 Å². The van der Waals surface area contributed by atoms with E-state index in [2.05, 4.69) is 56.6 Å². The van der Waals surface area contributed by atoms with E-state index < -0.39 is 0 Å². The molecule has 84 valence electrons. The Labute approximate surface area is 97.7 Å². The van der Waals surface area contributed by atoms with E-state index in [4.69, 9.17) is 0 Å². The third-order valence-electron chi connectivity index (χ3n) is 2.70. The minimum absolute atomic E-state index is 0.464. The molecule has 0 aromatic heterocycles. The summed E-state index contributed by atoms with van der Waals surface area (Å²) in [5, 5.41) is 4.15. The molecule has 0 bridgehead atoms. The van der Waals surface area contributed by atoms with Crippen LogP contribution in [0.4, 0.5) is 0 Å². The van der Waals surface area contributed by atoms with Crippen molar-refractivity contribution in [2.45, 2.75) is 32.1 Å². The van der Waals surface area contributed by atoms with Crippen LogP contribution in [0.5, 0.6) is 0 Å². The fourth-order valence-electron chi connectivity index (χ4n) is 1.68. The van der Waals surface area contributed by atoms with Crippen molar-refractivity contribution in [2.75, 3.05) is 12.8 Å². The van der Waals surface area contributed by atoms with E-state index in [1.807, 2.05) is 11.8 Å². The van der Waals surface area contributed by atoms with E-state index >= 15 is 0 Å². The molecule has 1 N–H and O–H groups in total. The Morgan fingerprint density at radius 1 is 1.27 bits per heavy atom. The van der Waals surface area contributed by atoms with Gasteiger partial charge in [-0.3, -0.25) is 0 Å². The highest BCUT2D eigenvalue weighted by Gasteiger charge is 2.16. The molecule has 0 aliphatic rings. The van der Waals surface area contributed by atoms with Gasteiger partial charge in [-0.25, -0.2) is 0 Å². The van der Waals surface area contributed by atoms with Gasteiger partial charge in [0.1, 0.15) is 0 Å². The number of aryl methyl sites for hydroxylation is 1. The second kappa shape index (κ2) is 6.19. The molecule has 0 amide bonds. The van der Waals surface area contributed by atoms with Crippen molar-refractivity contribution in [1.29, 1.82) is 0 Å². The summed E-state index contributed by atoms with van der Waals surface area (Å²) < 4.78 is 0. The number of hydrogen-bond acceptors (Lipinski definition) is 2. The van der Waals surface area contributed by atoms with Crippen molar-refractivity contribution in [3.05, 3.63) is 35.4 Å². The van der Waals surface area contributed by atoms with Crippen LogP contribution in [0.1, 0.15) is 31.0 Å². The summed E-state index contributed by atoms with van der Waals surface area (Å²) in [5.74, 6) is 0. The van der Waals surface area contributed by atoms with Crippen LogP contribution in [0, 0.1) is 6.92 Å². The van der Waals surface area contributed by atoms with Gasteiger partial charge in [-0.2, -0.15) is 11.8 Å². The van der Waals surface area contributed by atoms with Crippen molar-refractivity contribution in [3.8, 4) is 0 Å². The molecule has 0 saturated carbocycles. The molecule has 15 heavy (non-hydrogen) atoms. The topological polar surface area (TPSA) is 12.0 Å². The van der Waals surface area contributed by atoms with Crippen molar-refractivity contribution in [2.24, 2.45) is 0 Å². The molecule has 0 fully saturated rings. The summed E-state index contributed by atoms with van der Waals surface area (Å²) in [6, 6.07) is 9.30. The molecule has 0 aliphatic carbocycles. The summed E-state index contributed by atoms with van der Waals surface area (Å²) >= 11 is 1.91. The number of benzene rings is 1. The van der Waals surface area contributed by atoms with Crippen LogP contribution in [0.2, 0.25) is 0 Å². The third-order valence-corrected chi connectivity index (χ3v) is 3.72. The van der Waals surface area contributed by atoms with E-state index in [-0.39, 0.29) is 0 Å². The largest absolute Gasteiger partial charge is 0.309 e. The van der Waals surface area contributed by atoms with Crippen molar-refractivity contribution in [3.63, 3.8) is 0 Å². The van der Waals surface area contributed by atoms with Crippen LogP contribution in [0.3, 0.4) is 0 Å². The van der Waals surface area contributed by atoms with Gasteiger partial charge in [0.2, 0.25) is 0 Å². The second-order valence-corrected chi connectivity index (χ2v) is 5.10. The summed E-state index contributed by atoms with van der Waals surface area (Å²) in [6.45, 7) is 7.58. The zero-order chi connectivity index (χ0) is 11.3. The molecule has 0 spiro atoms. The van der Waals surface area contributed by atoms with E-state index in [9.17, 15) is 0 Å². The summed E-state index contributed by atoms with van der Waals surface area (Å²) in [4.78, 5) is 0. The SMILES string of the molecule is CCNC(c1ccc(C)cc1)C(C)SC. The highest BCUT2D eigenvalue weighted by molar-refractivity contribution is 7.99. The van der Waals surface area contributed by atoms with Gasteiger partial charge in [-0.15, -0.1) is 0 Å². The van der Waals surface area contributed by atoms with E-state index in [0.717, 1.165) is 6.54 Å². The predicted octanol–water partition coefficient (Wildman–Crippen LogP) is 3.40. The molecule has 0 aliphatic heterocycles. The van der Waals surface area contributed by atoms with Gasteiger partial charge in [0.15, 0.2) is 0 Å². The van der Waals surface area contributed by atoms with Gasteiger partial charge in [0.05, 0.1) is 0 Å². The standard InChI is InChI=1S/C13H21NS/c1-5-14-13(11(3)15-4)12-8-6-10(2)7-9-12/h6-9,11,13-14H,5H2,1-4H3. The van der Waals surface area contributed by atoms with Crippen LogP contribution in [-0.4, -0.2) is 18.1 Å². The Hall–Kier alpha value is -0.470. The van der Waals surface area contributed by atoms with Crippen LogP contribution < -0.4 is 5.32 Å².